The van der Waals surface area contributed by atoms with E-state index in [1.807, 2.05) is 6.92 Å². The maximum Gasteiger partial charge on any atom is 0.325 e. The van der Waals surface area contributed by atoms with Crippen molar-refractivity contribution in [2.45, 2.75) is 38.8 Å². The van der Waals surface area contributed by atoms with Gasteiger partial charge in [-0.15, -0.1) is 0 Å². The standard InChI is InChI=1S/C20H24FN5O3/c1-5-15(14-8-6-7-12(2)18(14)21)23-20(29)26-16(9-17(26)27)19(28)25(4)13-10-22-24(3)11-13/h6-8,10-11,15-16H,5,9H2,1-4H3,(H,23,29)/t15-,16+/m1/s1. The lowest BCUT2D eigenvalue weighted by atomic mass is 9.99. The maximum absolute atomic E-state index is 14.5. The van der Waals surface area contributed by atoms with Gasteiger partial charge in [-0.3, -0.25) is 19.2 Å². The Hall–Kier alpha value is -3.23. The second-order valence-corrected chi connectivity index (χ2v) is 7.14. The number of nitrogens with one attached hydrogen (secondary N) is 1. The van der Waals surface area contributed by atoms with Gasteiger partial charge >= 0.3 is 6.03 Å². The third-order valence-electron chi connectivity index (χ3n) is 5.16. The van der Waals surface area contributed by atoms with E-state index in [1.54, 1.807) is 50.1 Å². The number of anilines is 1. The Morgan fingerprint density at radius 1 is 1.41 bits per heavy atom. The van der Waals surface area contributed by atoms with E-state index in [0.717, 1.165) is 4.90 Å². The van der Waals surface area contributed by atoms with Crippen molar-refractivity contribution in [3.8, 4) is 0 Å². The Morgan fingerprint density at radius 3 is 2.72 bits per heavy atom. The molecule has 0 spiro atoms. The lowest BCUT2D eigenvalue weighted by molar-refractivity contribution is -0.147. The van der Waals surface area contributed by atoms with Crippen molar-refractivity contribution in [3.63, 3.8) is 0 Å². The van der Waals surface area contributed by atoms with Gasteiger partial charge in [-0.05, 0) is 18.9 Å². The first-order valence-electron chi connectivity index (χ1n) is 9.38. The molecule has 29 heavy (non-hydrogen) atoms. The summed E-state index contributed by atoms with van der Waals surface area (Å²) in [6, 6.07) is 2.76. The van der Waals surface area contributed by atoms with Crippen LogP contribution < -0.4 is 10.2 Å². The van der Waals surface area contributed by atoms with Crippen molar-refractivity contribution in [3.05, 3.63) is 47.5 Å². The Labute approximate surface area is 168 Å². The van der Waals surface area contributed by atoms with Crippen LogP contribution in [0.3, 0.4) is 0 Å². The fourth-order valence-electron chi connectivity index (χ4n) is 3.36. The quantitative estimate of drug-likeness (QED) is 0.779. The molecule has 0 aliphatic carbocycles. The monoisotopic (exact) mass is 401 g/mol. The van der Waals surface area contributed by atoms with Gasteiger partial charge in [0.1, 0.15) is 11.9 Å². The highest BCUT2D eigenvalue weighted by atomic mass is 19.1. The highest BCUT2D eigenvalue weighted by Crippen LogP contribution is 2.26. The highest BCUT2D eigenvalue weighted by molar-refractivity contribution is 6.11. The van der Waals surface area contributed by atoms with Gasteiger partial charge in [0.2, 0.25) is 5.91 Å². The van der Waals surface area contributed by atoms with Crippen LogP contribution in [-0.2, 0) is 16.6 Å². The Morgan fingerprint density at radius 2 is 2.14 bits per heavy atom. The van der Waals surface area contributed by atoms with Crippen molar-refractivity contribution >= 4 is 23.5 Å². The van der Waals surface area contributed by atoms with Gasteiger partial charge in [0.05, 0.1) is 24.3 Å². The summed E-state index contributed by atoms with van der Waals surface area (Å²) >= 11 is 0. The zero-order valence-corrected chi connectivity index (χ0v) is 16.8. The number of amides is 4. The van der Waals surface area contributed by atoms with Crippen LogP contribution in [0.15, 0.2) is 30.6 Å². The van der Waals surface area contributed by atoms with Crippen LogP contribution in [0.2, 0.25) is 0 Å². The topological polar surface area (TPSA) is 87.5 Å². The lowest BCUT2D eigenvalue weighted by Gasteiger charge is -2.39. The molecule has 1 aliphatic rings. The number of urea groups is 1. The fraction of sp³-hybridized carbons (Fsp3) is 0.400. The maximum atomic E-state index is 14.5. The van der Waals surface area contributed by atoms with Crippen molar-refractivity contribution in [2.75, 3.05) is 11.9 Å². The van der Waals surface area contributed by atoms with Crippen LogP contribution in [0.4, 0.5) is 14.9 Å². The number of imide groups is 1. The SMILES string of the molecule is CC[C@@H](NC(=O)N1C(=O)C[C@H]1C(=O)N(C)c1cnn(C)c1)c1cccc(C)c1F. The predicted octanol–water partition coefficient (Wildman–Crippen LogP) is 2.29. The highest BCUT2D eigenvalue weighted by Gasteiger charge is 2.47. The van der Waals surface area contributed by atoms with Crippen LogP contribution in [0.5, 0.6) is 0 Å². The van der Waals surface area contributed by atoms with Crippen LogP contribution in [0.1, 0.15) is 36.9 Å². The molecule has 0 bridgehead atoms. The first-order valence-corrected chi connectivity index (χ1v) is 9.38. The van der Waals surface area contributed by atoms with Gasteiger partial charge in [-0.1, -0.05) is 25.1 Å². The summed E-state index contributed by atoms with van der Waals surface area (Å²) in [7, 11) is 3.29. The molecule has 154 valence electrons. The van der Waals surface area contributed by atoms with Crippen molar-refractivity contribution < 1.29 is 18.8 Å². The van der Waals surface area contributed by atoms with Gasteiger partial charge in [0.25, 0.3) is 5.91 Å². The Balaban J connectivity index is 1.74. The van der Waals surface area contributed by atoms with Gasteiger partial charge in [-0.2, -0.15) is 5.10 Å². The predicted molar refractivity (Wildman–Crippen MR) is 105 cm³/mol. The first-order chi connectivity index (χ1) is 13.7. The van der Waals surface area contributed by atoms with E-state index in [0.29, 0.717) is 23.2 Å². The molecule has 0 unspecified atom stereocenters. The average Bonchev–Trinajstić information content (AvgIpc) is 3.11. The summed E-state index contributed by atoms with van der Waals surface area (Å²) in [4.78, 5) is 39.9. The van der Waals surface area contributed by atoms with Crippen LogP contribution in [0, 0.1) is 12.7 Å². The van der Waals surface area contributed by atoms with Gasteiger partial charge in [0.15, 0.2) is 0 Å². The molecule has 1 N–H and O–H groups in total. The summed E-state index contributed by atoms with van der Waals surface area (Å²) < 4.78 is 16.0. The number of benzene rings is 1. The zero-order chi connectivity index (χ0) is 21.3. The van der Waals surface area contributed by atoms with Crippen molar-refractivity contribution in [1.29, 1.82) is 0 Å². The number of hydrogen-bond acceptors (Lipinski definition) is 4. The number of β-lactam (4-membered cyclic amide) rings is 1. The summed E-state index contributed by atoms with van der Waals surface area (Å²) in [6.45, 7) is 3.46. The molecule has 2 atom stereocenters. The summed E-state index contributed by atoms with van der Waals surface area (Å²) in [6.07, 6.45) is 3.57. The number of rotatable bonds is 5. The van der Waals surface area contributed by atoms with Crippen LogP contribution in [0.25, 0.3) is 0 Å². The third-order valence-corrected chi connectivity index (χ3v) is 5.16. The molecule has 4 amide bonds. The number of likely N-dealkylation sites (N-methyl/N-ethyl adjacent to an activating group) is 1. The van der Waals surface area contributed by atoms with E-state index in [2.05, 4.69) is 10.4 Å². The van der Waals surface area contributed by atoms with Crippen molar-refractivity contribution in [1.82, 2.24) is 20.0 Å². The molecule has 9 heteroatoms. The Bertz CT molecular complexity index is 957. The molecule has 1 aliphatic heterocycles. The molecule has 0 saturated carbocycles. The molecule has 0 radical (unpaired) electrons. The van der Waals surface area contributed by atoms with E-state index in [9.17, 15) is 18.8 Å². The van der Waals surface area contributed by atoms with Crippen molar-refractivity contribution in [2.24, 2.45) is 7.05 Å². The van der Waals surface area contributed by atoms with Gasteiger partial charge in [0, 0.05) is 25.9 Å². The minimum Gasteiger partial charge on any atom is -0.331 e. The van der Waals surface area contributed by atoms with Crippen LogP contribution >= 0.6 is 0 Å². The Kier molecular flexibility index (Phi) is 5.67. The molecule has 1 saturated heterocycles. The largest absolute Gasteiger partial charge is 0.331 e. The number of halogens is 1. The lowest BCUT2D eigenvalue weighted by Crippen LogP contribution is -2.64. The molecule has 1 aromatic carbocycles. The smallest absolute Gasteiger partial charge is 0.325 e. The molecule has 2 heterocycles. The molecule has 8 nitrogen and oxygen atoms in total. The van der Waals surface area contributed by atoms with E-state index in [-0.39, 0.29) is 12.3 Å². The van der Waals surface area contributed by atoms with Gasteiger partial charge in [-0.25, -0.2) is 9.18 Å². The summed E-state index contributed by atoms with van der Waals surface area (Å²) in [5.74, 6) is -1.22. The molecule has 1 fully saturated rings. The summed E-state index contributed by atoms with van der Waals surface area (Å²) in [5.41, 5.74) is 1.39. The average molecular weight is 401 g/mol. The number of carbonyl (C=O) groups excluding carboxylic acids is 3. The van der Waals surface area contributed by atoms with E-state index < -0.39 is 29.8 Å². The van der Waals surface area contributed by atoms with E-state index in [4.69, 9.17) is 0 Å². The summed E-state index contributed by atoms with van der Waals surface area (Å²) in [5, 5.41) is 6.71. The second-order valence-electron chi connectivity index (χ2n) is 7.14. The molecule has 2 aromatic rings. The fourth-order valence-corrected chi connectivity index (χ4v) is 3.36. The molecular weight excluding hydrogens is 377 g/mol. The number of aromatic nitrogens is 2. The number of nitrogens with zero attached hydrogens (tertiary/aromatic N) is 4. The molecule has 1 aromatic heterocycles. The minimum absolute atomic E-state index is 0.0492. The number of hydrogen-bond donors (Lipinski definition) is 1. The third kappa shape index (κ3) is 3.85. The molecule has 3 rings (SSSR count). The minimum atomic E-state index is -0.896. The van der Waals surface area contributed by atoms with Gasteiger partial charge < -0.3 is 10.2 Å². The molecular formula is C20H24FN5O3. The van der Waals surface area contributed by atoms with E-state index in [1.165, 1.54) is 11.1 Å². The number of aryl methyl sites for hydroxylation is 2. The second kappa shape index (κ2) is 8.02. The van der Waals surface area contributed by atoms with E-state index >= 15 is 0 Å². The first kappa shape index (κ1) is 20.5. The number of carbonyl (C=O) groups is 3. The normalized spacial score (nSPS) is 16.9. The zero-order valence-electron chi connectivity index (χ0n) is 16.8. The van der Waals surface area contributed by atoms with Crippen LogP contribution in [-0.4, -0.2) is 45.6 Å². The number of likely N-dealkylation sites (tertiary alicyclic amines) is 1.